The lowest BCUT2D eigenvalue weighted by molar-refractivity contribution is -0.0249. The zero-order valence-corrected chi connectivity index (χ0v) is 22.0. The summed E-state index contributed by atoms with van der Waals surface area (Å²) in [4.78, 5) is 0. The normalized spacial score (nSPS) is 11.0. The Morgan fingerprint density at radius 1 is 0.405 bits per heavy atom. The standard InChI is InChI=1S/C27H44O10/c1-2-8-28-9-10-29-11-12-30-13-14-31-15-16-32-17-18-33-19-20-34-21-22-35-23-24-36-25-26-37-27-6-4-3-5-7-27/h1,3-7H,8-26H2. The molecule has 0 N–H and O–H groups in total. The lowest BCUT2D eigenvalue weighted by Gasteiger charge is -2.09. The van der Waals surface area contributed by atoms with Gasteiger partial charge in [-0.3, -0.25) is 0 Å². The van der Waals surface area contributed by atoms with Crippen molar-refractivity contribution in [2.75, 3.05) is 126 Å². The van der Waals surface area contributed by atoms with Crippen molar-refractivity contribution in [3.8, 4) is 18.1 Å². The summed E-state index contributed by atoms with van der Waals surface area (Å²) in [5, 5.41) is 0. The molecule has 0 aromatic heterocycles. The van der Waals surface area contributed by atoms with E-state index in [0.29, 0.717) is 126 Å². The highest BCUT2D eigenvalue weighted by Crippen LogP contribution is 2.07. The van der Waals surface area contributed by atoms with Gasteiger partial charge in [0, 0.05) is 0 Å². The van der Waals surface area contributed by atoms with E-state index >= 15 is 0 Å². The van der Waals surface area contributed by atoms with Gasteiger partial charge in [0.1, 0.15) is 19.0 Å². The van der Waals surface area contributed by atoms with Gasteiger partial charge < -0.3 is 47.4 Å². The molecule has 1 aromatic rings. The number of ether oxygens (including phenoxy) is 10. The zero-order valence-electron chi connectivity index (χ0n) is 22.0. The van der Waals surface area contributed by atoms with Crippen LogP contribution in [0.1, 0.15) is 0 Å². The van der Waals surface area contributed by atoms with Crippen LogP contribution in [0, 0.1) is 12.3 Å². The van der Waals surface area contributed by atoms with E-state index < -0.39 is 0 Å². The van der Waals surface area contributed by atoms with Crippen LogP contribution in [0.5, 0.6) is 5.75 Å². The van der Waals surface area contributed by atoms with Gasteiger partial charge in [-0.15, -0.1) is 6.42 Å². The Morgan fingerprint density at radius 3 is 1.03 bits per heavy atom. The third-order valence-electron chi connectivity index (χ3n) is 4.40. The van der Waals surface area contributed by atoms with Gasteiger partial charge in [0.2, 0.25) is 0 Å². The largest absolute Gasteiger partial charge is 0.491 e. The maximum absolute atomic E-state index is 5.54. The van der Waals surface area contributed by atoms with Crippen LogP contribution >= 0.6 is 0 Å². The molecule has 0 bridgehead atoms. The van der Waals surface area contributed by atoms with Crippen LogP contribution in [-0.2, 0) is 42.6 Å². The van der Waals surface area contributed by atoms with Crippen molar-refractivity contribution >= 4 is 0 Å². The Balaban J connectivity index is 1.63. The third kappa shape index (κ3) is 25.6. The van der Waals surface area contributed by atoms with Gasteiger partial charge in [-0.05, 0) is 12.1 Å². The second kappa shape index (κ2) is 28.8. The Kier molecular flexibility index (Phi) is 25.9. The Hall–Kier alpha value is -1.78. The van der Waals surface area contributed by atoms with E-state index in [-0.39, 0.29) is 0 Å². The van der Waals surface area contributed by atoms with Crippen LogP contribution in [0.4, 0.5) is 0 Å². The first-order valence-electron chi connectivity index (χ1n) is 12.7. The lowest BCUT2D eigenvalue weighted by Crippen LogP contribution is -2.15. The summed E-state index contributed by atoms with van der Waals surface area (Å²) in [6.45, 7) is 9.63. The predicted molar refractivity (Wildman–Crippen MR) is 138 cm³/mol. The molecule has 10 heteroatoms. The highest BCUT2D eigenvalue weighted by atomic mass is 16.6. The van der Waals surface area contributed by atoms with Crippen molar-refractivity contribution in [1.29, 1.82) is 0 Å². The van der Waals surface area contributed by atoms with Gasteiger partial charge in [-0.1, -0.05) is 24.1 Å². The molecule has 0 aliphatic rings. The number of rotatable bonds is 29. The van der Waals surface area contributed by atoms with E-state index in [2.05, 4.69) is 5.92 Å². The molecule has 1 rings (SSSR count). The van der Waals surface area contributed by atoms with E-state index in [1.807, 2.05) is 30.3 Å². The van der Waals surface area contributed by atoms with Gasteiger partial charge in [0.15, 0.2) is 0 Å². The molecule has 0 heterocycles. The summed E-state index contributed by atoms with van der Waals surface area (Å²) in [7, 11) is 0. The number of para-hydroxylation sites is 1. The minimum absolute atomic E-state index is 0.311. The fourth-order valence-corrected chi connectivity index (χ4v) is 2.63. The average molecular weight is 529 g/mol. The molecule has 0 radical (unpaired) electrons. The van der Waals surface area contributed by atoms with Crippen LogP contribution in [0.2, 0.25) is 0 Å². The first-order chi connectivity index (χ1) is 18.4. The highest BCUT2D eigenvalue weighted by Gasteiger charge is 1.96. The van der Waals surface area contributed by atoms with Crippen molar-refractivity contribution in [2.24, 2.45) is 0 Å². The molecule has 0 aliphatic carbocycles. The Morgan fingerprint density at radius 2 is 0.703 bits per heavy atom. The summed E-state index contributed by atoms with van der Waals surface area (Å²) in [5.41, 5.74) is 0. The second-order valence-electron chi connectivity index (χ2n) is 7.32. The van der Waals surface area contributed by atoms with Crippen LogP contribution < -0.4 is 4.74 Å². The molecule has 0 atom stereocenters. The molecule has 0 spiro atoms. The summed E-state index contributed by atoms with van der Waals surface area (Å²) < 4.78 is 54.1. The molecule has 0 unspecified atom stereocenters. The maximum atomic E-state index is 5.54. The van der Waals surface area contributed by atoms with Gasteiger partial charge in [-0.25, -0.2) is 0 Å². The van der Waals surface area contributed by atoms with Crippen LogP contribution in [0.3, 0.4) is 0 Å². The van der Waals surface area contributed by atoms with E-state index in [1.165, 1.54) is 0 Å². The predicted octanol–water partition coefficient (Wildman–Crippen LogP) is 1.85. The van der Waals surface area contributed by atoms with Crippen LogP contribution in [0.15, 0.2) is 30.3 Å². The summed E-state index contributed by atoms with van der Waals surface area (Å²) in [6.07, 6.45) is 5.07. The lowest BCUT2D eigenvalue weighted by atomic mass is 10.3. The number of terminal acetylenes is 1. The monoisotopic (exact) mass is 528 g/mol. The molecular weight excluding hydrogens is 484 g/mol. The van der Waals surface area contributed by atoms with Crippen molar-refractivity contribution in [1.82, 2.24) is 0 Å². The quantitative estimate of drug-likeness (QED) is 0.113. The SMILES string of the molecule is C#CCOCCOCCOCCOCCOCCOCCOCCOCCOCCOc1ccccc1. The Bertz CT molecular complexity index is 611. The zero-order chi connectivity index (χ0) is 26.3. The topological polar surface area (TPSA) is 92.3 Å². The first kappa shape index (κ1) is 33.2. The molecule has 0 fully saturated rings. The minimum atomic E-state index is 0.311. The van der Waals surface area contributed by atoms with E-state index in [0.717, 1.165) is 5.75 Å². The van der Waals surface area contributed by atoms with Crippen molar-refractivity contribution in [3.63, 3.8) is 0 Å². The molecule has 0 saturated carbocycles. The summed E-state index contributed by atoms with van der Waals surface area (Å²) >= 11 is 0. The number of hydrogen-bond acceptors (Lipinski definition) is 10. The number of benzene rings is 1. The van der Waals surface area contributed by atoms with Crippen LogP contribution in [-0.4, -0.2) is 126 Å². The van der Waals surface area contributed by atoms with Crippen molar-refractivity contribution in [2.45, 2.75) is 0 Å². The van der Waals surface area contributed by atoms with Gasteiger partial charge in [0.05, 0.1) is 112 Å². The van der Waals surface area contributed by atoms with Crippen LogP contribution in [0.25, 0.3) is 0 Å². The molecule has 37 heavy (non-hydrogen) atoms. The molecule has 0 aliphatic heterocycles. The van der Waals surface area contributed by atoms with Crippen molar-refractivity contribution < 1.29 is 47.4 Å². The Labute approximate surface area is 221 Å². The first-order valence-corrected chi connectivity index (χ1v) is 12.7. The summed E-state index contributed by atoms with van der Waals surface area (Å²) in [6, 6.07) is 9.67. The number of hydrogen-bond donors (Lipinski definition) is 0. The maximum Gasteiger partial charge on any atom is 0.119 e. The molecule has 1 aromatic carbocycles. The fraction of sp³-hybridized carbons (Fsp3) is 0.704. The van der Waals surface area contributed by atoms with Crippen molar-refractivity contribution in [3.05, 3.63) is 30.3 Å². The minimum Gasteiger partial charge on any atom is -0.491 e. The summed E-state index contributed by atoms with van der Waals surface area (Å²) in [5.74, 6) is 3.24. The molecule has 0 amide bonds. The average Bonchev–Trinajstić information content (AvgIpc) is 2.93. The molecule has 212 valence electrons. The fourth-order valence-electron chi connectivity index (χ4n) is 2.63. The molecule has 0 saturated heterocycles. The smallest absolute Gasteiger partial charge is 0.119 e. The second-order valence-corrected chi connectivity index (χ2v) is 7.32. The van der Waals surface area contributed by atoms with E-state index in [1.54, 1.807) is 0 Å². The molecule has 10 nitrogen and oxygen atoms in total. The van der Waals surface area contributed by atoms with Gasteiger partial charge in [0.25, 0.3) is 0 Å². The van der Waals surface area contributed by atoms with E-state index in [4.69, 9.17) is 53.8 Å². The van der Waals surface area contributed by atoms with E-state index in [9.17, 15) is 0 Å². The van der Waals surface area contributed by atoms with Gasteiger partial charge in [-0.2, -0.15) is 0 Å². The van der Waals surface area contributed by atoms with Gasteiger partial charge >= 0.3 is 0 Å². The highest BCUT2D eigenvalue weighted by molar-refractivity contribution is 5.20. The molecular formula is C27H44O10. The third-order valence-corrected chi connectivity index (χ3v) is 4.40.